The Kier molecular flexibility index (Phi) is 3.40. The number of hydrogen-bond donors (Lipinski definition) is 1. The van der Waals surface area contributed by atoms with Crippen LogP contribution in [0.25, 0.3) is 0 Å². The first-order chi connectivity index (χ1) is 7.72. The van der Waals surface area contributed by atoms with E-state index in [0.717, 1.165) is 30.9 Å². The van der Waals surface area contributed by atoms with Crippen molar-refractivity contribution >= 4 is 22.3 Å². The lowest BCUT2D eigenvalue weighted by Crippen LogP contribution is -2.12. The second kappa shape index (κ2) is 4.80. The molecule has 6 heteroatoms. The molecule has 2 N–H and O–H groups in total. The van der Waals surface area contributed by atoms with Gasteiger partial charge in [-0.15, -0.1) is 0 Å². The number of carbonyl (C=O) groups excluding carboxylic acids is 1. The molecule has 1 aromatic heterocycles. The highest BCUT2D eigenvalue weighted by molar-refractivity contribution is 7.16. The minimum atomic E-state index is -0.490. The Hall–Kier alpha value is -1.14. The maximum Gasteiger partial charge on any atom is 0.359 e. The highest BCUT2D eigenvalue weighted by atomic mass is 32.1. The van der Waals surface area contributed by atoms with Gasteiger partial charge in [0.15, 0.2) is 5.69 Å². The Labute approximate surface area is 97.6 Å². The van der Waals surface area contributed by atoms with E-state index in [1.54, 1.807) is 0 Å². The summed E-state index contributed by atoms with van der Waals surface area (Å²) in [6.07, 6.45) is 3.13. The number of nitrogen functional groups attached to an aromatic ring is 1. The number of methoxy groups -OCH3 is 1. The topological polar surface area (TPSA) is 74.4 Å². The normalized spacial score (nSPS) is 20.7. The number of rotatable bonds is 2. The lowest BCUT2D eigenvalue weighted by atomic mass is 10.1. The smallest absolute Gasteiger partial charge is 0.359 e. The zero-order chi connectivity index (χ0) is 11.5. The van der Waals surface area contributed by atoms with Gasteiger partial charge in [0.1, 0.15) is 16.1 Å². The average Bonchev–Trinajstić information content (AvgIpc) is 2.71. The van der Waals surface area contributed by atoms with E-state index in [4.69, 9.17) is 10.5 Å². The number of aromatic nitrogens is 1. The van der Waals surface area contributed by atoms with Gasteiger partial charge in [-0.3, -0.25) is 0 Å². The summed E-state index contributed by atoms with van der Waals surface area (Å²) in [5.74, 6) is -0.490. The molecule has 2 heterocycles. The van der Waals surface area contributed by atoms with Gasteiger partial charge >= 0.3 is 5.97 Å². The van der Waals surface area contributed by atoms with Crippen molar-refractivity contribution in [2.75, 3.05) is 19.5 Å². The molecule has 1 aromatic rings. The molecule has 16 heavy (non-hydrogen) atoms. The lowest BCUT2D eigenvalue weighted by Gasteiger charge is -2.20. The minimum absolute atomic E-state index is 0.0144. The molecule has 0 spiro atoms. The molecule has 2 rings (SSSR count). The number of anilines is 1. The van der Waals surface area contributed by atoms with Gasteiger partial charge in [0.05, 0.1) is 7.11 Å². The summed E-state index contributed by atoms with van der Waals surface area (Å²) in [6, 6.07) is 0. The zero-order valence-corrected chi connectivity index (χ0v) is 9.88. The van der Waals surface area contributed by atoms with Gasteiger partial charge in [0.2, 0.25) is 0 Å². The molecule has 5 nitrogen and oxygen atoms in total. The fourth-order valence-electron chi connectivity index (χ4n) is 1.67. The molecule has 0 aliphatic carbocycles. The summed E-state index contributed by atoms with van der Waals surface area (Å²) in [6.45, 7) is 0.748. The van der Waals surface area contributed by atoms with Crippen LogP contribution in [-0.2, 0) is 9.47 Å². The molecular weight excluding hydrogens is 228 g/mol. The number of nitrogens with two attached hydrogens (primary N) is 1. The fourth-order valence-corrected chi connectivity index (χ4v) is 2.57. The summed E-state index contributed by atoms with van der Waals surface area (Å²) in [7, 11) is 1.32. The molecule has 1 aliphatic rings. The quantitative estimate of drug-likeness (QED) is 0.800. The van der Waals surface area contributed by atoms with Crippen LogP contribution in [0.5, 0.6) is 0 Å². The van der Waals surface area contributed by atoms with E-state index in [1.807, 2.05) is 0 Å². The molecule has 1 fully saturated rings. The van der Waals surface area contributed by atoms with E-state index in [-0.39, 0.29) is 11.8 Å². The number of thiazole rings is 1. The van der Waals surface area contributed by atoms with Gasteiger partial charge in [0.25, 0.3) is 0 Å². The molecule has 88 valence electrons. The zero-order valence-electron chi connectivity index (χ0n) is 9.06. The molecule has 1 unspecified atom stereocenters. The molecule has 0 bridgehead atoms. The van der Waals surface area contributed by atoms with Gasteiger partial charge < -0.3 is 15.2 Å². The lowest BCUT2D eigenvalue weighted by molar-refractivity contribution is 0.0147. The van der Waals surface area contributed by atoms with Crippen LogP contribution in [0, 0.1) is 0 Å². The van der Waals surface area contributed by atoms with Gasteiger partial charge in [-0.05, 0) is 19.3 Å². The number of carbonyl (C=O) groups is 1. The molecule has 1 atom stereocenters. The van der Waals surface area contributed by atoms with Crippen molar-refractivity contribution < 1.29 is 14.3 Å². The van der Waals surface area contributed by atoms with E-state index in [9.17, 15) is 4.79 Å². The van der Waals surface area contributed by atoms with E-state index in [0.29, 0.717) is 5.00 Å². The summed E-state index contributed by atoms with van der Waals surface area (Å²) in [5, 5.41) is 1.17. The van der Waals surface area contributed by atoms with Crippen LogP contribution in [0.3, 0.4) is 0 Å². The highest BCUT2D eigenvalue weighted by Crippen LogP contribution is 2.33. The standard InChI is InChI=1S/C10H14N2O3S/c1-14-10(13)7-8(11)16-9(12-7)6-4-2-3-5-15-6/h6H,2-5,11H2,1H3. The van der Waals surface area contributed by atoms with E-state index in [2.05, 4.69) is 9.72 Å². The van der Waals surface area contributed by atoms with Crippen molar-refractivity contribution in [2.45, 2.75) is 25.4 Å². The molecule has 1 saturated heterocycles. The Morgan fingerprint density at radius 1 is 1.62 bits per heavy atom. The van der Waals surface area contributed by atoms with Crippen LogP contribution in [0.1, 0.15) is 40.9 Å². The summed E-state index contributed by atoms with van der Waals surface area (Å²) in [4.78, 5) is 15.5. The maximum atomic E-state index is 11.3. The van der Waals surface area contributed by atoms with Crippen molar-refractivity contribution in [2.24, 2.45) is 0 Å². The van der Waals surface area contributed by atoms with Gasteiger partial charge in [-0.25, -0.2) is 9.78 Å². The van der Waals surface area contributed by atoms with Crippen LogP contribution < -0.4 is 5.73 Å². The second-order valence-corrected chi connectivity index (χ2v) is 4.67. The van der Waals surface area contributed by atoms with Crippen LogP contribution >= 0.6 is 11.3 Å². The first-order valence-electron chi connectivity index (χ1n) is 5.18. The van der Waals surface area contributed by atoms with Crippen molar-refractivity contribution in [1.29, 1.82) is 0 Å². The average molecular weight is 242 g/mol. The number of ether oxygens (including phenoxy) is 2. The van der Waals surface area contributed by atoms with E-state index >= 15 is 0 Å². The first kappa shape index (κ1) is 11.3. The molecule has 0 radical (unpaired) electrons. The third-order valence-electron chi connectivity index (χ3n) is 2.50. The summed E-state index contributed by atoms with van der Waals surface area (Å²) >= 11 is 1.31. The molecule has 0 aromatic carbocycles. The first-order valence-corrected chi connectivity index (χ1v) is 6.00. The van der Waals surface area contributed by atoms with Gasteiger partial charge in [-0.2, -0.15) is 0 Å². The number of nitrogens with zero attached hydrogens (tertiary/aromatic N) is 1. The maximum absolute atomic E-state index is 11.3. The largest absolute Gasteiger partial charge is 0.464 e. The van der Waals surface area contributed by atoms with E-state index < -0.39 is 5.97 Å². The molecular formula is C10H14N2O3S. The molecule has 0 saturated carbocycles. The second-order valence-electron chi connectivity index (χ2n) is 3.61. The Bertz CT molecular complexity index is 385. The summed E-state index contributed by atoms with van der Waals surface area (Å²) in [5.41, 5.74) is 5.93. The van der Waals surface area contributed by atoms with Crippen molar-refractivity contribution in [1.82, 2.24) is 4.98 Å². The Morgan fingerprint density at radius 3 is 3.06 bits per heavy atom. The third-order valence-corrected chi connectivity index (χ3v) is 3.48. The van der Waals surface area contributed by atoms with Gasteiger partial charge in [0, 0.05) is 6.61 Å². The monoisotopic (exact) mass is 242 g/mol. The van der Waals surface area contributed by atoms with Crippen molar-refractivity contribution in [3.63, 3.8) is 0 Å². The Morgan fingerprint density at radius 2 is 2.44 bits per heavy atom. The fraction of sp³-hybridized carbons (Fsp3) is 0.600. The third kappa shape index (κ3) is 2.17. The van der Waals surface area contributed by atoms with Crippen LogP contribution in [-0.4, -0.2) is 24.7 Å². The van der Waals surface area contributed by atoms with Crippen molar-refractivity contribution in [3.8, 4) is 0 Å². The Balaban J connectivity index is 2.19. The molecule has 0 amide bonds. The minimum Gasteiger partial charge on any atom is -0.464 e. The number of esters is 1. The van der Waals surface area contributed by atoms with Crippen molar-refractivity contribution in [3.05, 3.63) is 10.7 Å². The number of hydrogen-bond acceptors (Lipinski definition) is 6. The highest BCUT2D eigenvalue weighted by Gasteiger charge is 2.24. The predicted molar refractivity (Wildman–Crippen MR) is 60.4 cm³/mol. The van der Waals surface area contributed by atoms with Crippen LogP contribution in [0.4, 0.5) is 5.00 Å². The van der Waals surface area contributed by atoms with E-state index in [1.165, 1.54) is 18.4 Å². The van der Waals surface area contributed by atoms with Crippen LogP contribution in [0.2, 0.25) is 0 Å². The SMILES string of the molecule is COC(=O)c1nc(C2CCCCO2)sc1N. The predicted octanol–water partition coefficient (Wildman–Crippen LogP) is 1.75. The van der Waals surface area contributed by atoms with Crippen LogP contribution in [0.15, 0.2) is 0 Å². The molecule has 1 aliphatic heterocycles. The summed E-state index contributed by atoms with van der Waals surface area (Å²) < 4.78 is 10.2. The van der Waals surface area contributed by atoms with Gasteiger partial charge in [-0.1, -0.05) is 11.3 Å².